The van der Waals surface area contributed by atoms with Gasteiger partial charge in [0.05, 0.1) is 19.8 Å². The molecule has 2 unspecified atom stereocenters. The zero-order chi connectivity index (χ0) is 14.7. The second-order valence-electron chi connectivity index (χ2n) is 5.85. The molecule has 2 fully saturated rings. The highest BCUT2D eigenvalue weighted by Crippen LogP contribution is 2.22. The molecule has 0 saturated carbocycles. The molecule has 0 spiro atoms. The summed E-state index contributed by atoms with van der Waals surface area (Å²) in [6, 6.07) is 5.70. The van der Waals surface area contributed by atoms with Gasteiger partial charge in [-0.1, -0.05) is 6.07 Å². The number of ether oxygens (including phenoxy) is 2. The van der Waals surface area contributed by atoms with Crippen molar-refractivity contribution in [1.29, 1.82) is 0 Å². The first-order chi connectivity index (χ1) is 10.3. The van der Waals surface area contributed by atoms with Crippen LogP contribution >= 0.6 is 0 Å². The van der Waals surface area contributed by atoms with Gasteiger partial charge in [0.1, 0.15) is 0 Å². The van der Waals surface area contributed by atoms with E-state index in [1.807, 2.05) is 6.07 Å². The Hall–Kier alpha value is -1.17. The Balaban J connectivity index is 1.44. The van der Waals surface area contributed by atoms with Crippen LogP contribution in [-0.2, 0) is 11.3 Å². The van der Waals surface area contributed by atoms with E-state index in [9.17, 15) is 4.39 Å². The maximum Gasteiger partial charge on any atom is 0.165 e. The molecule has 2 heterocycles. The van der Waals surface area contributed by atoms with Crippen LogP contribution in [0.1, 0.15) is 18.4 Å². The molecule has 0 amide bonds. The molecule has 0 aromatic heterocycles. The summed E-state index contributed by atoms with van der Waals surface area (Å²) < 4.78 is 24.4. The first kappa shape index (κ1) is 14.8. The molecule has 2 atom stereocenters. The molecule has 3 rings (SSSR count). The third kappa shape index (κ3) is 3.54. The van der Waals surface area contributed by atoms with E-state index in [0.29, 0.717) is 12.6 Å². The minimum absolute atomic E-state index is 0.238. The fraction of sp³-hybridized carbons (Fsp3) is 0.625. The van der Waals surface area contributed by atoms with E-state index in [0.717, 1.165) is 25.3 Å². The summed E-state index contributed by atoms with van der Waals surface area (Å²) in [6.45, 7) is 4.51. The zero-order valence-corrected chi connectivity index (χ0v) is 12.5. The van der Waals surface area contributed by atoms with Crippen LogP contribution < -0.4 is 10.1 Å². The van der Waals surface area contributed by atoms with Crippen molar-refractivity contribution in [1.82, 2.24) is 10.2 Å². The molecule has 2 aliphatic heterocycles. The highest BCUT2D eigenvalue weighted by Gasteiger charge is 2.31. The molecule has 1 aromatic carbocycles. The Morgan fingerprint density at radius 2 is 2.38 bits per heavy atom. The topological polar surface area (TPSA) is 33.7 Å². The number of nitrogens with zero attached hydrogens (tertiary/aromatic N) is 1. The first-order valence-electron chi connectivity index (χ1n) is 7.65. The number of morpholine rings is 1. The van der Waals surface area contributed by atoms with Crippen molar-refractivity contribution in [2.75, 3.05) is 33.4 Å². The summed E-state index contributed by atoms with van der Waals surface area (Å²) in [6.07, 6.45) is 2.80. The summed E-state index contributed by atoms with van der Waals surface area (Å²) in [4.78, 5) is 2.53. The van der Waals surface area contributed by atoms with Crippen molar-refractivity contribution in [3.8, 4) is 5.75 Å². The molecule has 0 aliphatic carbocycles. The van der Waals surface area contributed by atoms with Crippen molar-refractivity contribution in [2.24, 2.45) is 0 Å². The van der Waals surface area contributed by atoms with Gasteiger partial charge in [-0.05, 0) is 37.1 Å². The minimum atomic E-state index is -0.314. The number of halogens is 1. The van der Waals surface area contributed by atoms with Crippen molar-refractivity contribution in [3.05, 3.63) is 29.6 Å². The third-order valence-corrected chi connectivity index (χ3v) is 4.38. The Kier molecular flexibility index (Phi) is 4.73. The largest absolute Gasteiger partial charge is 0.494 e. The van der Waals surface area contributed by atoms with Gasteiger partial charge in [-0.3, -0.25) is 4.90 Å². The quantitative estimate of drug-likeness (QED) is 0.898. The van der Waals surface area contributed by atoms with Crippen LogP contribution in [0.3, 0.4) is 0 Å². The summed E-state index contributed by atoms with van der Waals surface area (Å²) >= 11 is 0. The number of rotatable bonds is 5. The SMILES string of the molecule is COc1ccc(CNCC2CN3CCCC3CO2)cc1F. The van der Waals surface area contributed by atoms with Crippen LogP contribution in [0.2, 0.25) is 0 Å². The van der Waals surface area contributed by atoms with Crippen molar-refractivity contribution >= 4 is 0 Å². The second kappa shape index (κ2) is 6.73. The minimum Gasteiger partial charge on any atom is -0.494 e. The Bertz CT molecular complexity index is 483. The molecule has 0 bridgehead atoms. The van der Waals surface area contributed by atoms with Crippen LogP contribution in [0.15, 0.2) is 18.2 Å². The first-order valence-corrected chi connectivity index (χ1v) is 7.65. The number of hydrogen-bond donors (Lipinski definition) is 1. The smallest absolute Gasteiger partial charge is 0.165 e. The zero-order valence-electron chi connectivity index (χ0n) is 12.5. The molecule has 4 nitrogen and oxygen atoms in total. The summed E-state index contributed by atoms with van der Waals surface area (Å²) in [5.74, 6) is -0.0277. The van der Waals surface area contributed by atoms with Crippen molar-refractivity contribution < 1.29 is 13.9 Å². The lowest BCUT2D eigenvalue weighted by Crippen LogP contribution is -2.49. The second-order valence-corrected chi connectivity index (χ2v) is 5.85. The van der Waals surface area contributed by atoms with Crippen LogP contribution in [0.4, 0.5) is 4.39 Å². The van der Waals surface area contributed by atoms with E-state index < -0.39 is 0 Å². The van der Waals surface area contributed by atoms with E-state index in [-0.39, 0.29) is 17.7 Å². The van der Waals surface area contributed by atoms with Gasteiger partial charge in [0.2, 0.25) is 0 Å². The maximum absolute atomic E-state index is 13.6. The third-order valence-electron chi connectivity index (χ3n) is 4.38. The lowest BCUT2D eigenvalue weighted by molar-refractivity contribution is -0.0470. The van der Waals surface area contributed by atoms with Gasteiger partial charge in [-0.25, -0.2) is 4.39 Å². The average molecular weight is 294 g/mol. The van der Waals surface area contributed by atoms with Gasteiger partial charge in [0.15, 0.2) is 11.6 Å². The highest BCUT2D eigenvalue weighted by molar-refractivity contribution is 5.29. The van der Waals surface area contributed by atoms with Gasteiger partial charge in [-0.2, -0.15) is 0 Å². The maximum atomic E-state index is 13.6. The van der Waals surface area contributed by atoms with Gasteiger partial charge in [-0.15, -0.1) is 0 Å². The van der Waals surface area contributed by atoms with E-state index in [4.69, 9.17) is 9.47 Å². The summed E-state index contributed by atoms with van der Waals surface area (Å²) in [5.41, 5.74) is 0.920. The molecule has 1 N–H and O–H groups in total. The highest BCUT2D eigenvalue weighted by atomic mass is 19.1. The van der Waals surface area contributed by atoms with Crippen LogP contribution in [-0.4, -0.2) is 50.4 Å². The normalized spacial score (nSPS) is 25.8. The average Bonchev–Trinajstić information content (AvgIpc) is 2.95. The predicted octanol–water partition coefficient (Wildman–Crippen LogP) is 1.79. The molecule has 1 aromatic rings. The molecule has 2 aliphatic rings. The van der Waals surface area contributed by atoms with Crippen LogP contribution in [0.5, 0.6) is 5.75 Å². The van der Waals surface area contributed by atoms with Gasteiger partial charge in [0, 0.05) is 25.7 Å². The molecule has 116 valence electrons. The van der Waals surface area contributed by atoms with Crippen molar-refractivity contribution in [3.63, 3.8) is 0 Å². The molecular formula is C16H23FN2O2. The lowest BCUT2D eigenvalue weighted by Gasteiger charge is -2.35. The lowest BCUT2D eigenvalue weighted by atomic mass is 10.1. The van der Waals surface area contributed by atoms with Crippen LogP contribution in [0, 0.1) is 5.82 Å². The predicted molar refractivity (Wildman–Crippen MR) is 79.0 cm³/mol. The number of fused-ring (bicyclic) bond motifs is 1. The van der Waals surface area contributed by atoms with Gasteiger partial charge in [0.25, 0.3) is 0 Å². The Labute approximate surface area is 125 Å². The molecule has 21 heavy (non-hydrogen) atoms. The molecule has 2 saturated heterocycles. The molecular weight excluding hydrogens is 271 g/mol. The number of nitrogens with one attached hydrogen (secondary N) is 1. The van der Waals surface area contributed by atoms with Crippen LogP contribution in [0.25, 0.3) is 0 Å². The standard InChI is InChI=1S/C16H23FN2O2/c1-20-16-5-4-12(7-15(16)17)8-18-9-14-10-19-6-2-3-13(19)11-21-14/h4-5,7,13-14,18H,2-3,6,8-11H2,1H3. The number of methoxy groups -OCH3 is 1. The summed E-state index contributed by atoms with van der Waals surface area (Å²) in [7, 11) is 1.47. The fourth-order valence-corrected chi connectivity index (χ4v) is 3.21. The number of benzene rings is 1. The van der Waals surface area contributed by atoms with Gasteiger partial charge >= 0.3 is 0 Å². The number of hydrogen-bond acceptors (Lipinski definition) is 4. The Morgan fingerprint density at radius 3 is 3.19 bits per heavy atom. The van der Waals surface area contributed by atoms with Crippen molar-refractivity contribution in [2.45, 2.75) is 31.5 Å². The fourth-order valence-electron chi connectivity index (χ4n) is 3.21. The monoisotopic (exact) mass is 294 g/mol. The van der Waals surface area contributed by atoms with E-state index in [2.05, 4.69) is 10.2 Å². The van der Waals surface area contributed by atoms with E-state index >= 15 is 0 Å². The molecule has 5 heteroatoms. The van der Waals surface area contributed by atoms with E-state index in [1.165, 1.54) is 32.6 Å². The molecule has 0 radical (unpaired) electrons. The van der Waals surface area contributed by atoms with Gasteiger partial charge < -0.3 is 14.8 Å². The van der Waals surface area contributed by atoms with E-state index in [1.54, 1.807) is 6.07 Å². The summed E-state index contributed by atoms with van der Waals surface area (Å²) in [5, 5.41) is 3.36. The Morgan fingerprint density at radius 1 is 1.48 bits per heavy atom.